The highest BCUT2D eigenvalue weighted by Gasteiger charge is 2.08. The fourth-order valence-electron chi connectivity index (χ4n) is 2.90. The Bertz CT molecular complexity index is 1130. The summed E-state index contributed by atoms with van der Waals surface area (Å²) in [6.07, 6.45) is 0. The summed E-state index contributed by atoms with van der Waals surface area (Å²) in [5.41, 5.74) is 4.43. The number of hydrogen-bond acceptors (Lipinski definition) is 4. The van der Waals surface area contributed by atoms with Crippen LogP contribution in [0.25, 0.3) is 22.4 Å². The van der Waals surface area contributed by atoms with Crippen LogP contribution in [-0.4, -0.2) is 29.1 Å². The molecular weight excluding hydrogens is 368 g/mol. The predicted octanol–water partition coefficient (Wildman–Crippen LogP) is 4.66. The van der Waals surface area contributed by atoms with Gasteiger partial charge in [0.05, 0.1) is 23.7 Å². The maximum atomic E-state index is 12.2. The van der Waals surface area contributed by atoms with Gasteiger partial charge >= 0.3 is 12.0 Å². The molecule has 1 heterocycles. The third-order valence-corrected chi connectivity index (χ3v) is 4.37. The van der Waals surface area contributed by atoms with Gasteiger partial charge in [-0.3, -0.25) is 0 Å². The van der Waals surface area contributed by atoms with E-state index in [0.717, 1.165) is 22.4 Å². The first-order valence-corrected chi connectivity index (χ1v) is 8.94. The number of carbonyl (C=O) groups is 2. The first-order chi connectivity index (χ1) is 14.1. The van der Waals surface area contributed by atoms with E-state index in [1.165, 1.54) is 7.11 Å². The molecule has 0 aliphatic rings. The van der Waals surface area contributed by atoms with Crippen LogP contribution in [0.2, 0.25) is 0 Å². The molecule has 2 amide bonds. The number of ether oxygens (including phenoxy) is 1. The molecule has 0 atom stereocenters. The second-order valence-corrected chi connectivity index (χ2v) is 6.33. The van der Waals surface area contributed by atoms with E-state index in [4.69, 9.17) is 0 Å². The quantitative estimate of drug-likeness (QED) is 0.445. The normalized spacial score (nSPS) is 10.5. The van der Waals surface area contributed by atoms with Crippen molar-refractivity contribution in [3.8, 4) is 11.4 Å². The van der Waals surface area contributed by atoms with Crippen molar-refractivity contribution in [3.05, 3.63) is 78.4 Å². The van der Waals surface area contributed by atoms with E-state index in [1.54, 1.807) is 24.3 Å². The summed E-state index contributed by atoms with van der Waals surface area (Å²) in [5.74, 6) is 0.346. The average molecular weight is 386 g/mol. The number of nitrogens with zero attached hydrogens (tertiary/aromatic N) is 1. The molecule has 0 saturated carbocycles. The van der Waals surface area contributed by atoms with Crippen molar-refractivity contribution in [2.24, 2.45) is 0 Å². The van der Waals surface area contributed by atoms with Gasteiger partial charge in [-0.15, -0.1) is 0 Å². The number of methoxy groups -OCH3 is 1. The second-order valence-electron chi connectivity index (χ2n) is 6.33. The highest BCUT2D eigenvalue weighted by Crippen LogP contribution is 2.22. The number of nitrogens with one attached hydrogen (secondary N) is 3. The molecule has 0 saturated heterocycles. The number of anilines is 2. The van der Waals surface area contributed by atoms with Gasteiger partial charge in [0.25, 0.3) is 0 Å². The smallest absolute Gasteiger partial charge is 0.337 e. The van der Waals surface area contributed by atoms with E-state index in [0.29, 0.717) is 16.9 Å². The van der Waals surface area contributed by atoms with Crippen molar-refractivity contribution in [3.63, 3.8) is 0 Å². The number of urea groups is 1. The number of aromatic nitrogens is 2. The zero-order valence-electron chi connectivity index (χ0n) is 15.6. The van der Waals surface area contributed by atoms with E-state index in [2.05, 4.69) is 25.3 Å². The highest BCUT2D eigenvalue weighted by molar-refractivity contribution is 6.00. The summed E-state index contributed by atoms with van der Waals surface area (Å²) < 4.78 is 4.65. The second kappa shape index (κ2) is 7.85. The minimum absolute atomic E-state index is 0.382. The number of esters is 1. The van der Waals surface area contributed by atoms with Crippen LogP contribution in [0.15, 0.2) is 72.8 Å². The van der Waals surface area contributed by atoms with Gasteiger partial charge in [0.1, 0.15) is 5.82 Å². The van der Waals surface area contributed by atoms with Gasteiger partial charge in [0.15, 0.2) is 0 Å². The molecule has 0 spiro atoms. The third kappa shape index (κ3) is 4.08. The number of amides is 2. The number of imidazole rings is 1. The van der Waals surface area contributed by atoms with Gasteiger partial charge in [-0.25, -0.2) is 14.6 Å². The predicted molar refractivity (Wildman–Crippen MR) is 112 cm³/mol. The molecule has 0 fully saturated rings. The SMILES string of the molecule is COC(=O)c1ccc(NC(=O)Nc2ccc(-c3nc4ccccc4[nH]3)cc2)cc1. The minimum atomic E-state index is -0.425. The van der Waals surface area contributed by atoms with Gasteiger partial charge in [-0.2, -0.15) is 0 Å². The molecule has 0 bridgehead atoms. The van der Waals surface area contributed by atoms with Gasteiger partial charge < -0.3 is 20.4 Å². The molecule has 7 nitrogen and oxygen atoms in total. The third-order valence-electron chi connectivity index (χ3n) is 4.37. The lowest BCUT2D eigenvalue weighted by molar-refractivity contribution is 0.0600. The van der Waals surface area contributed by atoms with Crippen molar-refractivity contribution < 1.29 is 14.3 Å². The van der Waals surface area contributed by atoms with Gasteiger partial charge in [0, 0.05) is 16.9 Å². The summed E-state index contributed by atoms with van der Waals surface area (Å²) >= 11 is 0. The Labute approximate surface area is 166 Å². The Balaban J connectivity index is 1.40. The Hall–Kier alpha value is -4.13. The topological polar surface area (TPSA) is 96.1 Å². The van der Waals surface area contributed by atoms with Crippen molar-refractivity contribution in [2.75, 3.05) is 17.7 Å². The number of aromatic amines is 1. The summed E-state index contributed by atoms with van der Waals surface area (Å²) in [5, 5.41) is 5.49. The standard InChI is InChI=1S/C22H18N4O3/c1-29-21(27)15-8-12-17(13-9-15)24-22(28)23-16-10-6-14(7-11-16)20-25-18-4-2-3-5-19(18)26-20/h2-13H,1H3,(H,25,26)(H2,23,24,28). The highest BCUT2D eigenvalue weighted by atomic mass is 16.5. The molecule has 1 aromatic heterocycles. The minimum Gasteiger partial charge on any atom is -0.465 e. The molecule has 4 aromatic rings. The molecule has 3 aromatic carbocycles. The lowest BCUT2D eigenvalue weighted by Crippen LogP contribution is -2.19. The van der Waals surface area contributed by atoms with Crippen molar-refractivity contribution >= 4 is 34.4 Å². The molecule has 3 N–H and O–H groups in total. The zero-order chi connectivity index (χ0) is 20.2. The van der Waals surface area contributed by atoms with Crippen LogP contribution in [0.3, 0.4) is 0 Å². The van der Waals surface area contributed by atoms with E-state index in [-0.39, 0.29) is 6.03 Å². The lowest BCUT2D eigenvalue weighted by atomic mass is 10.2. The van der Waals surface area contributed by atoms with Crippen molar-refractivity contribution in [1.82, 2.24) is 9.97 Å². The molecule has 0 aliphatic carbocycles. The fraction of sp³-hybridized carbons (Fsp3) is 0.0455. The maximum Gasteiger partial charge on any atom is 0.337 e. The number of benzene rings is 3. The summed E-state index contributed by atoms with van der Waals surface area (Å²) in [6, 6.07) is 21.3. The first kappa shape index (κ1) is 18.2. The zero-order valence-corrected chi connectivity index (χ0v) is 15.6. The number of rotatable bonds is 4. The summed E-state index contributed by atoms with van der Waals surface area (Å²) in [6.45, 7) is 0. The monoisotopic (exact) mass is 386 g/mol. The van der Waals surface area contributed by atoms with E-state index in [1.807, 2.05) is 48.5 Å². The van der Waals surface area contributed by atoms with Crippen molar-refractivity contribution in [2.45, 2.75) is 0 Å². The average Bonchev–Trinajstić information content (AvgIpc) is 3.18. The first-order valence-electron chi connectivity index (χ1n) is 8.94. The summed E-state index contributed by atoms with van der Waals surface area (Å²) in [4.78, 5) is 31.5. The van der Waals surface area contributed by atoms with Crippen LogP contribution >= 0.6 is 0 Å². The fourth-order valence-corrected chi connectivity index (χ4v) is 2.90. The van der Waals surface area contributed by atoms with Crippen LogP contribution < -0.4 is 10.6 Å². The number of para-hydroxylation sites is 2. The Morgan fingerprint density at radius 3 is 2.10 bits per heavy atom. The number of carbonyl (C=O) groups excluding carboxylic acids is 2. The van der Waals surface area contributed by atoms with Gasteiger partial charge in [-0.1, -0.05) is 12.1 Å². The largest absolute Gasteiger partial charge is 0.465 e. The Morgan fingerprint density at radius 1 is 0.862 bits per heavy atom. The van der Waals surface area contributed by atoms with Crippen LogP contribution in [0.4, 0.5) is 16.2 Å². The molecule has 0 unspecified atom stereocenters. The van der Waals surface area contributed by atoms with Crippen LogP contribution in [-0.2, 0) is 4.74 Å². The van der Waals surface area contributed by atoms with Gasteiger partial charge in [0.2, 0.25) is 0 Å². The maximum absolute atomic E-state index is 12.2. The molecule has 144 valence electrons. The van der Waals surface area contributed by atoms with Crippen molar-refractivity contribution in [1.29, 1.82) is 0 Å². The van der Waals surface area contributed by atoms with Crippen LogP contribution in [0, 0.1) is 0 Å². The van der Waals surface area contributed by atoms with E-state index >= 15 is 0 Å². The molecule has 7 heteroatoms. The van der Waals surface area contributed by atoms with Gasteiger partial charge in [-0.05, 0) is 60.7 Å². The Morgan fingerprint density at radius 2 is 1.48 bits per heavy atom. The van der Waals surface area contributed by atoms with E-state index in [9.17, 15) is 9.59 Å². The Kier molecular flexibility index (Phi) is 4.94. The van der Waals surface area contributed by atoms with Crippen LogP contribution in [0.1, 0.15) is 10.4 Å². The van der Waals surface area contributed by atoms with E-state index < -0.39 is 5.97 Å². The molecular formula is C22H18N4O3. The molecule has 0 radical (unpaired) electrons. The van der Waals surface area contributed by atoms with Crippen LogP contribution in [0.5, 0.6) is 0 Å². The molecule has 4 rings (SSSR count). The summed E-state index contributed by atoms with van der Waals surface area (Å²) in [7, 11) is 1.32. The lowest BCUT2D eigenvalue weighted by Gasteiger charge is -2.08. The number of fused-ring (bicyclic) bond motifs is 1. The number of H-pyrrole nitrogens is 1. The molecule has 0 aliphatic heterocycles. The number of hydrogen-bond donors (Lipinski definition) is 3. The molecule has 29 heavy (non-hydrogen) atoms.